The van der Waals surface area contributed by atoms with E-state index in [0.29, 0.717) is 22.0 Å². The Morgan fingerprint density at radius 3 is 2.52 bits per heavy atom. The van der Waals surface area contributed by atoms with Crippen molar-refractivity contribution in [3.63, 3.8) is 0 Å². The molecule has 0 radical (unpaired) electrons. The Bertz CT molecular complexity index is 1270. The zero-order chi connectivity index (χ0) is 22.7. The van der Waals surface area contributed by atoms with E-state index in [1.807, 2.05) is 13.0 Å². The van der Waals surface area contributed by atoms with Crippen LogP contribution >= 0.6 is 11.6 Å². The van der Waals surface area contributed by atoms with E-state index in [2.05, 4.69) is 10.5 Å². The number of ether oxygens (including phenoxy) is 1. The molecule has 3 rings (SSSR count). The molecule has 160 valence electrons. The molecular formula is C21H19ClN4O5. The van der Waals surface area contributed by atoms with Crippen LogP contribution in [0, 0.1) is 4.91 Å². The first kappa shape index (κ1) is 22.0. The first-order valence-corrected chi connectivity index (χ1v) is 9.67. The first-order valence-electron chi connectivity index (χ1n) is 9.29. The fourth-order valence-corrected chi connectivity index (χ4v) is 3.39. The van der Waals surface area contributed by atoms with Gasteiger partial charge in [0.2, 0.25) is 5.91 Å². The minimum absolute atomic E-state index is 0.277. The third-order valence-corrected chi connectivity index (χ3v) is 5.09. The summed E-state index contributed by atoms with van der Waals surface area (Å²) in [6, 6.07) is 9.95. The smallest absolute Gasteiger partial charge is 0.266 e. The molecule has 0 aliphatic carbocycles. The number of rotatable bonds is 7. The number of hydrogen-bond donors (Lipinski definition) is 2. The van der Waals surface area contributed by atoms with Gasteiger partial charge in [-0.3, -0.25) is 14.4 Å². The number of nitrogens with zero attached hydrogens (tertiary/aromatic N) is 2. The number of nitrogens with two attached hydrogens (primary N) is 1. The highest BCUT2D eigenvalue weighted by Gasteiger charge is 2.23. The molecule has 0 aliphatic heterocycles. The van der Waals surface area contributed by atoms with Gasteiger partial charge in [-0.15, -0.1) is 4.91 Å². The Morgan fingerprint density at radius 1 is 1.19 bits per heavy atom. The van der Waals surface area contributed by atoms with E-state index in [0.717, 1.165) is 12.0 Å². The lowest BCUT2D eigenvalue weighted by Crippen LogP contribution is -2.37. The number of halogens is 1. The second kappa shape index (κ2) is 8.97. The minimum atomic E-state index is -0.913. The highest BCUT2D eigenvalue weighted by atomic mass is 35.5. The average molecular weight is 443 g/mol. The number of pyridine rings is 1. The Hall–Kier alpha value is -3.72. The molecule has 0 aliphatic rings. The summed E-state index contributed by atoms with van der Waals surface area (Å²) in [4.78, 5) is 47.6. The third kappa shape index (κ3) is 4.41. The fraction of sp³-hybridized carbons (Fsp3) is 0.190. The van der Waals surface area contributed by atoms with Crippen molar-refractivity contribution < 1.29 is 14.3 Å². The number of nitroso groups, excluding NO2 is 1. The molecule has 0 saturated carbocycles. The molecule has 10 heteroatoms. The molecule has 3 aromatic rings. The number of primary amides is 1. The number of fused-ring (bicyclic) bond motifs is 1. The highest BCUT2D eigenvalue weighted by Crippen LogP contribution is 2.33. The van der Waals surface area contributed by atoms with Crippen LogP contribution in [0.25, 0.3) is 10.9 Å². The fourth-order valence-electron chi connectivity index (χ4n) is 3.14. The van der Waals surface area contributed by atoms with Crippen molar-refractivity contribution in [1.29, 1.82) is 0 Å². The van der Waals surface area contributed by atoms with E-state index in [4.69, 9.17) is 22.1 Å². The van der Waals surface area contributed by atoms with Crippen LogP contribution in [0.15, 0.2) is 46.4 Å². The van der Waals surface area contributed by atoms with Crippen molar-refractivity contribution in [3.8, 4) is 11.5 Å². The number of benzene rings is 2. The van der Waals surface area contributed by atoms with Crippen molar-refractivity contribution in [3.05, 3.63) is 67.8 Å². The van der Waals surface area contributed by atoms with Crippen LogP contribution in [0.4, 0.5) is 5.69 Å². The van der Waals surface area contributed by atoms with Gasteiger partial charge in [-0.05, 0) is 47.5 Å². The molecule has 1 heterocycles. The van der Waals surface area contributed by atoms with Crippen LogP contribution in [-0.2, 0) is 18.3 Å². The van der Waals surface area contributed by atoms with Gasteiger partial charge in [0.1, 0.15) is 22.7 Å². The van der Waals surface area contributed by atoms with Crippen molar-refractivity contribution in [2.75, 3.05) is 6.54 Å². The number of carbonyl (C=O) groups is 2. The summed E-state index contributed by atoms with van der Waals surface area (Å²) >= 11 is 6.14. The van der Waals surface area contributed by atoms with Crippen molar-refractivity contribution >= 4 is 40.0 Å². The lowest BCUT2D eigenvalue weighted by atomic mass is 10.1. The molecular weight excluding hydrogens is 424 g/mol. The van der Waals surface area contributed by atoms with Gasteiger partial charge >= 0.3 is 0 Å². The first-order chi connectivity index (χ1) is 14.8. The summed E-state index contributed by atoms with van der Waals surface area (Å²) < 4.78 is 7.09. The molecule has 31 heavy (non-hydrogen) atoms. The molecule has 2 amide bonds. The molecule has 1 aromatic heterocycles. The molecule has 9 nitrogen and oxygen atoms in total. The normalized spacial score (nSPS) is 10.7. The predicted octanol–water partition coefficient (Wildman–Crippen LogP) is 3.16. The van der Waals surface area contributed by atoms with Crippen LogP contribution in [0.1, 0.15) is 22.8 Å². The number of hydrogen-bond acceptors (Lipinski definition) is 6. The van der Waals surface area contributed by atoms with E-state index in [1.54, 1.807) is 24.3 Å². The monoisotopic (exact) mass is 442 g/mol. The van der Waals surface area contributed by atoms with Gasteiger partial charge in [0, 0.05) is 23.5 Å². The van der Waals surface area contributed by atoms with Gasteiger partial charge in [0.05, 0.1) is 12.1 Å². The second-order valence-electron chi connectivity index (χ2n) is 6.72. The maximum atomic E-state index is 12.8. The molecule has 0 atom stereocenters. The van der Waals surface area contributed by atoms with E-state index in [9.17, 15) is 19.3 Å². The number of carbonyl (C=O) groups excluding carboxylic acids is 2. The predicted molar refractivity (Wildman–Crippen MR) is 117 cm³/mol. The molecule has 0 fully saturated rings. The summed E-state index contributed by atoms with van der Waals surface area (Å²) in [5, 5.41) is 6.02. The van der Waals surface area contributed by atoms with E-state index in [-0.39, 0.29) is 11.1 Å². The quantitative estimate of drug-likeness (QED) is 0.542. The Balaban J connectivity index is 2.08. The molecule has 0 spiro atoms. The van der Waals surface area contributed by atoms with E-state index in [1.165, 1.54) is 17.7 Å². The maximum absolute atomic E-state index is 12.8. The summed E-state index contributed by atoms with van der Waals surface area (Å²) in [7, 11) is 1.45. The van der Waals surface area contributed by atoms with Gasteiger partial charge < -0.3 is 20.4 Å². The van der Waals surface area contributed by atoms with Crippen molar-refractivity contribution in [1.82, 2.24) is 9.88 Å². The standard InChI is InChI=1S/C21H19ClN4O5/c1-3-11-8-12(5-7-15(11)22)31-13-4-6-14-16(9-13)26(2)21(29)18(19(14)25-30)20(28)24-10-17(23)27/h4-9H,3,10H2,1-2H3,(H2,23,27)(H,24,28). The number of aryl methyl sites for hydroxylation is 2. The number of amides is 2. The zero-order valence-corrected chi connectivity index (χ0v) is 17.5. The Labute approximate surface area is 181 Å². The van der Waals surface area contributed by atoms with E-state index >= 15 is 0 Å². The van der Waals surface area contributed by atoms with Crippen LogP contribution in [0.2, 0.25) is 5.02 Å². The SMILES string of the molecule is CCc1cc(Oc2ccc3c(N=O)c(C(=O)NCC(N)=O)c(=O)n(C)c3c2)ccc1Cl. The number of nitrogens with one attached hydrogen (secondary N) is 1. The lowest BCUT2D eigenvalue weighted by Gasteiger charge is -2.13. The molecule has 0 unspecified atom stereocenters. The summed E-state index contributed by atoms with van der Waals surface area (Å²) in [6.07, 6.45) is 0.733. The lowest BCUT2D eigenvalue weighted by molar-refractivity contribution is -0.117. The Morgan fingerprint density at radius 2 is 1.87 bits per heavy atom. The molecule has 0 bridgehead atoms. The maximum Gasteiger partial charge on any atom is 0.266 e. The van der Waals surface area contributed by atoms with Gasteiger partial charge in [-0.2, -0.15) is 0 Å². The van der Waals surface area contributed by atoms with Gasteiger partial charge in [0.15, 0.2) is 0 Å². The van der Waals surface area contributed by atoms with Crippen molar-refractivity contribution in [2.24, 2.45) is 18.0 Å². The second-order valence-corrected chi connectivity index (χ2v) is 7.12. The van der Waals surface area contributed by atoms with Gasteiger partial charge in [-0.25, -0.2) is 0 Å². The molecule has 0 saturated heterocycles. The van der Waals surface area contributed by atoms with Crippen LogP contribution in [0.3, 0.4) is 0 Å². The van der Waals surface area contributed by atoms with Crippen molar-refractivity contribution in [2.45, 2.75) is 13.3 Å². The van der Waals surface area contributed by atoms with Crippen LogP contribution < -0.4 is 21.3 Å². The van der Waals surface area contributed by atoms with Gasteiger partial charge in [0.25, 0.3) is 11.5 Å². The topological polar surface area (TPSA) is 133 Å². The Kier molecular flexibility index (Phi) is 6.36. The molecule has 3 N–H and O–H groups in total. The largest absolute Gasteiger partial charge is 0.457 e. The van der Waals surface area contributed by atoms with E-state index < -0.39 is 29.5 Å². The number of aromatic nitrogens is 1. The summed E-state index contributed by atoms with van der Waals surface area (Å²) in [5.41, 5.74) is 4.73. The van der Waals surface area contributed by atoms with Crippen LogP contribution in [0.5, 0.6) is 11.5 Å². The average Bonchev–Trinajstić information content (AvgIpc) is 2.75. The zero-order valence-electron chi connectivity index (χ0n) is 16.8. The summed E-state index contributed by atoms with van der Waals surface area (Å²) in [5.74, 6) is -0.734. The third-order valence-electron chi connectivity index (χ3n) is 4.72. The molecule has 2 aromatic carbocycles. The van der Waals surface area contributed by atoms with Gasteiger partial charge in [-0.1, -0.05) is 18.5 Å². The highest BCUT2D eigenvalue weighted by molar-refractivity contribution is 6.31. The van der Waals surface area contributed by atoms with Crippen LogP contribution in [-0.4, -0.2) is 22.9 Å². The minimum Gasteiger partial charge on any atom is -0.457 e. The summed E-state index contributed by atoms with van der Waals surface area (Å²) in [6.45, 7) is 1.49.